The van der Waals surface area contributed by atoms with E-state index in [1.54, 1.807) is 0 Å². The van der Waals surface area contributed by atoms with Crippen molar-refractivity contribution < 1.29 is 51.2 Å². The number of nitrogens with two attached hydrogens (primary N) is 2. The van der Waals surface area contributed by atoms with Crippen LogP contribution in [-0.2, 0) is 20.8 Å². The van der Waals surface area contributed by atoms with Crippen LogP contribution in [0.5, 0.6) is 0 Å². The Morgan fingerprint density at radius 2 is 0.962 bits per heavy atom. The van der Waals surface area contributed by atoms with Gasteiger partial charge in [-0.05, 0) is 37.5 Å². The summed E-state index contributed by atoms with van der Waals surface area (Å²) in [7, 11) is -9.83. The third-order valence-corrected chi connectivity index (χ3v) is 4.34. The van der Waals surface area contributed by atoms with Crippen LogP contribution in [0.4, 0.5) is 0 Å². The molecular weight excluding hydrogens is 392 g/mol. The van der Waals surface area contributed by atoms with Gasteiger partial charge in [-0.15, -0.1) is 0 Å². The molecule has 8 N–H and O–H groups in total. The third kappa shape index (κ3) is 25.9. The van der Waals surface area contributed by atoms with Gasteiger partial charge in [-0.1, -0.05) is 19.3 Å². The Balaban J connectivity index is 0. The SMILES string of the molecule is C(CC1CC[NH2+]CC1)CC1CC[NH2+]CC1.O.O=S(=O)([O-])O.O=S(=O)([O-])O. The van der Waals surface area contributed by atoms with Gasteiger partial charge in [-0.2, -0.15) is 0 Å². The maximum Gasteiger partial charge on any atom is 0.215 e. The first-order chi connectivity index (χ1) is 11.4. The molecule has 2 fully saturated rings. The maximum absolute atomic E-state index is 8.63. The molecule has 26 heavy (non-hydrogen) atoms. The lowest BCUT2D eigenvalue weighted by atomic mass is 9.87. The summed E-state index contributed by atoms with van der Waals surface area (Å²) >= 11 is 0. The van der Waals surface area contributed by atoms with Crippen molar-refractivity contribution in [3.8, 4) is 0 Å². The fourth-order valence-corrected chi connectivity index (χ4v) is 3.26. The van der Waals surface area contributed by atoms with Crippen molar-refractivity contribution >= 4 is 20.8 Å². The van der Waals surface area contributed by atoms with Gasteiger partial charge in [0.2, 0.25) is 20.8 Å². The largest absolute Gasteiger partial charge is 0.726 e. The Kier molecular flexibility index (Phi) is 15.7. The van der Waals surface area contributed by atoms with Gasteiger partial charge in [0.05, 0.1) is 26.2 Å². The highest BCUT2D eigenvalue weighted by atomic mass is 32.3. The number of hydrogen-bond donors (Lipinski definition) is 4. The smallest absolute Gasteiger partial charge is 0.215 e. The van der Waals surface area contributed by atoms with E-state index < -0.39 is 20.8 Å². The molecule has 0 aromatic carbocycles. The molecule has 0 aliphatic carbocycles. The van der Waals surface area contributed by atoms with Crippen molar-refractivity contribution in [3.05, 3.63) is 0 Å². The summed E-state index contributed by atoms with van der Waals surface area (Å²) in [5.41, 5.74) is 0. The Labute approximate surface area is 155 Å². The minimum atomic E-state index is -4.92. The molecule has 0 saturated carbocycles. The average molecular weight is 425 g/mol. The topological polar surface area (TPSA) is 220 Å². The molecule has 0 bridgehead atoms. The second kappa shape index (κ2) is 14.6. The van der Waals surface area contributed by atoms with Gasteiger partial charge in [-0.25, -0.2) is 16.8 Å². The lowest BCUT2D eigenvalue weighted by Gasteiger charge is -2.23. The molecule has 2 heterocycles. The molecule has 11 nitrogen and oxygen atoms in total. The van der Waals surface area contributed by atoms with Gasteiger partial charge in [-0.3, -0.25) is 9.11 Å². The minimum absolute atomic E-state index is 0. The number of hydrogen-bond acceptors (Lipinski definition) is 6. The molecule has 2 aliphatic rings. The summed E-state index contributed by atoms with van der Waals surface area (Å²) < 4.78 is 65.7. The lowest BCUT2D eigenvalue weighted by molar-refractivity contribution is -0.665. The molecule has 160 valence electrons. The van der Waals surface area contributed by atoms with Crippen LogP contribution < -0.4 is 10.6 Å². The Hall–Kier alpha value is -0.380. The summed E-state index contributed by atoms with van der Waals surface area (Å²) in [6.07, 6.45) is 10.5. The van der Waals surface area contributed by atoms with Crippen LogP contribution in [0.2, 0.25) is 0 Å². The zero-order chi connectivity index (χ0) is 19.3. The van der Waals surface area contributed by atoms with Crippen LogP contribution in [0.3, 0.4) is 0 Å². The van der Waals surface area contributed by atoms with Crippen LogP contribution in [0, 0.1) is 11.8 Å². The molecule has 2 rings (SSSR count). The second-order valence-corrected chi connectivity index (χ2v) is 8.12. The van der Waals surface area contributed by atoms with Gasteiger partial charge in [0.25, 0.3) is 0 Å². The molecule has 0 spiro atoms. The first-order valence-corrected chi connectivity index (χ1v) is 11.2. The van der Waals surface area contributed by atoms with E-state index in [1.807, 2.05) is 0 Å². The summed E-state index contributed by atoms with van der Waals surface area (Å²) in [5.74, 6) is 2.15. The van der Waals surface area contributed by atoms with Gasteiger partial charge in [0, 0.05) is 0 Å². The predicted molar refractivity (Wildman–Crippen MR) is 90.9 cm³/mol. The van der Waals surface area contributed by atoms with Gasteiger partial charge >= 0.3 is 0 Å². The maximum atomic E-state index is 8.63. The predicted octanol–water partition coefficient (Wildman–Crippen LogP) is -2.71. The van der Waals surface area contributed by atoms with Gasteiger partial charge < -0.3 is 25.2 Å². The van der Waals surface area contributed by atoms with E-state index in [9.17, 15) is 0 Å². The van der Waals surface area contributed by atoms with E-state index >= 15 is 0 Å². The minimum Gasteiger partial charge on any atom is -0.726 e. The van der Waals surface area contributed by atoms with E-state index in [1.165, 1.54) is 71.1 Å². The van der Waals surface area contributed by atoms with E-state index in [0.29, 0.717) is 0 Å². The molecule has 2 saturated heterocycles. The van der Waals surface area contributed by atoms with Crippen molar-refractivity contribution in [3.63, 3.8) is 0 Å². The first kappa shape index (κ1) is 27.8. The normalized spacial score (nSPS) is 19.2. The van der Waals surface area contributed by atoms with E-state index in [-0.39, 0.29) is 5.48 Å². The van der Waals surface area contributed by atoms with E-state index in [4.69, 9.17) is 35.0 Å². The highest BCUT2D eigenvalue weighted by molar-refractivity contribution is 7.80. The Morgan fingerprint density at radius 3 is 1.19 bits per heavy atom. The molecular formula is C13H32N2O9S2. The molecule has 0 radical (unpaired) electrons. The van der Waals surface area contributed by atoms with Crippen LogP contribution in [0.15, 0.2) is 0 Å². The van der Waals surface area contributed by atoms with Crippen molar-refractivity contribution in [2.45, 2.75) is 44.9 Å². The molecule has 0 atom stereocenters. The zero-order valence-electron chi connectivity index (χ0n) is 14.7. The second-order valence-electron chi connectivity index (χ2n) is 6.41. The van der Waals surface area contributed by atoms with Crippen molar-refractivity contribution in [2.75, 3.05) is 26.2 Å². The number of quaternary nitrogens is 2. The Bertz CT molecular complexity index is 464. The summed E-state index contributed by atoms with van der Waals surface area (Å²) in [6.45, 7) is 5.57. The number of rotatable bonds is 4. The highest BCUT2D eigenvalue weighted by Gasteiger charge is 2.18. The van der Waals surface area contributed by atoms with Crippen molar-refractivity contribution in [2.24, 2.45) is 11.8 Å². The molecule has 0 unspecified atom stereocenters. The van der Waals surface area contributed by atoms with Crippen molar-refractivity contribution in [1.82, 2.24) is 0 Å². The van der Waals surface area contributed by atoms with E-state index in [2.05, 4.69) is 10.6 Å². The van der Waals surface area contributed by atoms with Crippen molar-refractivity contribution in [1.29, 1.82) is 0 Å². The first-order valence-electron chi connectivity index (χ1n) is 8.45. The fourth-order valence-electron chi connectivity index (χ4n) is 3.26. The van der Waals surface area contributed by atoms with Crippen LogP contribution in [-0.4, -0.2) is 66.7 Å². The fraction of sp³-hybridized carbons (Fsp3) is 1.00. The lowest BCUT2D eigenvalue weighted by Crippen LogP contribution is -2.86. The quantitative estimate of drug-likeness (QED) is 0.274. The zero-order valence-corrected chi connectivity index (χ0v) is 16.4. The van der Waals surface area contributed by atoms with Gasteiger partial charge in [0.15, 0.2) is 0 Å². The third-order valence-electron chi connectivity index (χ3n) is 4.34. The summed E-state index contributed by atoms with van der Waals surface area (Å²) in [6, 6.07) is 0. The average Bonchev–Trinajstić information content (AvgIpc) is 2.46. The molecule has 2 aliphatic heterocycles. The highest BCUT2D eigenvalue weighted by Crippen LogP contribution is 2.22. The standard InChI is InChI=1S/C13H26N2.2H2O4S.H2O/c1(2-12-4-8-14-9-5-12)3-13-6-10-15-11-7-13;2*1-5(2,3)4;/h12-15H,1-11H2;2*(H2,1,2,3,4);1H2. The molecule has 0 aromatic rings. The van der Waals surface area contributed by atoms with Crippen LogP contribution >= 0.6 is 0 Å². The molecule has 0 amide bonds. The number of piperidine rings is 2. The van der Waals surface area contributed by atoms with Crippen LogP contribution in [0.1, 0.15) is 44.9 Å². The molecule has 13 heteroatoms. The van der Waals surface area contributed by atoms with E-state index in [0.717, 1.165) is 11.8 Å². The van der Waals surface area contributed by atoms with Gasteiger partial charge in [0.1, 0.15) is 0 Å². The molecule has 0 aromatic heterocycles. The monoisotopic (exact) mass is 424 g/mol. The summed E-state index contributed by atoms with van der Waals surface area (Å²) in [4.78, 5) is 0. The summed E-state index contributed by atoms with van der Waals surface area (Å²) in [5, 5.41) is 4.96. The van der Waals surface area contributed by atoms with Crippen LogP contribution in [0.25, 0.3) is 0 Å². The Morgan fingerprint density at radius 1 is 0.731 bits per heavy atom.